The molecule has 2 aromatic heterocycles. The molecule has 0 aliphatic heterocycles. The van der Waals surface area contributed by atoms with Gasteiger partial charge in [-0.1, -0.05) is 12.1 Å². The molecule has 0 fully saturated rings. The van der Waals surface area contributed by atoms with Gasteiger partial charge in [-0.15, -0.1) is 0 Å². The zero-order valence-corrected chi connectivity index (χ0v) is 10.1. The number of hydrogen-bond donors (Lipinski definition) is 0. The largest absolute Gasteiger partial charge is 0.431 e. The second-order valence-corrected chi connectivity index (χ2v) is 4.51. The van der Waals surface area contributed by atoms with Crippen molar-refractivity contribution in [2.24, 2.45) is 0 Å². The van der Waals surface area contributed by atoms with Gasteiger partial charge in [-0.05, 0) is 36.0 Å². The monoisotopic (exact) mass is 256 g/mol. The third-order valence-electron chi connectivity index (χ3n) is 2.39. The number of fused-ring (bicyclic) bond motifs is 1. The molecule has 18 heavy (non-hydrogen) atoms. The van der Waals surface area contributed by atoms with E-state index >= 15 is 0 Å². The molecule has 3 rings (SSSR count). The van der Waals surface area contributed by atoms with Gasteiger partial charge < -0.3 is 4.42 Å². The lowest BCUT2D eigenvalue weighted by Gasteiger charge is -1.98. The van der Waals surface area contributed by atoms with Crippen LogP contribution < -0.4 is 0 Å². The minimum absolute atomic E-state index is 0.484. The van der Waals surface area contributed by atoms with Gasteiger partial charge in [-0.3, -0.25) is 4.79 Å². The molecular formula is C13H8N2O2S. The van der Waals surface area contributed by atoms with E-state index < -0.39 is 0 Å². The van der Waals surface area contributed by atoms with Crippen molar-refractivity contribution in [1.29, 1.82) is 0 Å². The van der Waals surface area contributed by atoms with Gasteiger partial charge in [0.15, 0.2) is 11.9 Å². The lowest BCUT2D eigenvalue weighted by molar-refractivity contribution is 0.112. The lowest BCUT2D eigenvalue weighted by Crippen LogP contribution is -1.88. The molecule has 0 radical (unpaired) electrons. The third kappa shape index (κ3) is 2.00. The number of para-hydroxylation sites is 2. The number of rotatable bonds is 3. The number of nitrogens with zero attached hydrogens (tertiary/aromatic N) is 2. The quantitative estimate of drug-likeness (QED) is 0.673. The third-order valence-corrected chi connectivity index (χ3v) is 3.27. The Balaban J connectivity index is 1.98. The Morgan fingerprint density at radius 2 is 2.06 bits per heavy atom. The van der Waals surface area contributed by atoms with Crippen molar-refractivity contribution in [2.45, 2.75) is 10.2 Å². The van der Waals surface area contributed by atoms with Gasteiger partial charge in [0.1, 0.15) is 10.5 Å². The number of carbonyl (C=O) groups is 1. The first-order valence-electron chi connectivity index (χ1n) is 5.30. The summed E-state index contributed by atoms with van der Waals surface area (Å²) < 4.78 is 5.57. The Bertz CT molecular complexity index is 676. The molecule has 0 N–H and O–H groups in total. The van der Waals surface area contributed by atoms with E-state index in [-0.39, 0.29) is 0 Å². The summed E-state index contributed by atoms with van der Waals surface area (Å²) in [6.45, 7) is 0. The standard InChI is InChI=1S/C13H8N2O2S/c16-8-9-4-3-7-14-12(9)18-13-15-10-5-1-2-6-11(10)17-13/h1-8H. The normalized spacial score (nSPS) is 10.7. The number of hydrogen-bond acceptors (Lipinski definition) is 5. The molecule has 0 bridgehead atoms. The molecule has 0 saturated heterocycles. The first-order chi connectivity index (χ1) is 8.86. The van der Waals surface area contributed by atoms with Gasteiger partial charge >= 0.3 is 0 Å². The van der Waals surface area contributed by atoms with E-state index in [0.29, 0.717) is 15.8 Å². The van der Waals surface area contributed by atoms with Crippen LogP contribution in [0.3, 0.4) is 0 Å². The maximum Gasteiger partial charge on any atom is 0.263 e. The number of oxazole rings is 1. The van der Waals surface area contributed by atoms with Gasteiger partial charge in [0.05, 0.1) is 0 Å². The van der Waals surface area contributed by atoms with Crippen molar-refractivity contribution in [3.63, 3.8) is 0 Å². The number of carbonyl (C=O) groups excluding carboxylic acids is 1. The summed E-state index contributed by atoms with van der Waals surface area (Å²) in [5.41, 5.74) is 2.05. The fourth-order valence-corrected chi connectivity index (χ4v) is 2.34. The second kappa shape index (κ2) is 4.62. The second-order valence-electron chi connectivity index (χ2n) is 3.57. The molecule has 0 aliphatic rings. The fraction of sp³-hybridized carbons (Fsp3) is 0. The number of aldehydes is 1. The van der Waals surface area contributed by atoms with Gasteiger partial charge in [-0.2, -0.15) is 0 Å². The molecular weight excluding hydrogens is 248 g/mol. The van der Waals surface area contributed by atoms with Crippen LogP contribution in [0, 0.1) is 0 Å². The summed E-state index contributed by atoms with van der Waals surface area (Å²) in [6.07, 6.45) is 2.41. The number of benzene rings is 1. The zero-order valence-electron chi connectivity index (χ0n) is 9.24. The summed E-state index contributed by atoms with van der Waals surface area (Å²) >= 11 is 1.24. The van der Waals surface area contributed by atoms with Crippen LogP contribution in [0.4, 0.5) is 0 Å². The minimum Gasteiger partial charge on any atom is -0.431 e. The van der Waals surface area contributed by atoms with Crippen LogP contribution in [-0.4, -0.2) is 16.3 Å². The maximum absolute atomic E-state index is 10.9. The van der Waals surface area contributed by atoms with Gasteiger partial charge in [0, 0.05) is 11.8 Å². The summed E-state index contributed by atoms with van der Waals surface area (Å²) in [5.74, 6) is 0. The fourth-order valence-electron chi connectivity index (χ4n) is 1.56. The van der Waals surface area contributed by atoms with Crippen LogP contribution in [0.1, 0.15) is 10.4 Å². The molecule has 4 nitrogen and oxygen atoms in total. The van der Waals surface area contributed by atoms with Crippen molar-refractivity contribution >= 4 is 29.1 Å². The Morgan fingerprint density at radius 3 is 2.89 bits per heavy atom. The Kier molecular flexibility index (Phi) is 2.82. The zero-order chi connectivity index (χ0) is 12.4. The van der Waals surface area contributed by atoms with Crippen LogP contribution in [-0.2, 0) is 0 Å². The molecule has 5 heteroatoms. The molecule has 0 atom stereocenters. The maximum atomic E-state index is 10.9. The average Bonchev–Trinajstić information content (AvgIpc) is 2.81. The van der Waals surface area contributed by atoms with Crippen molar-refractivity contribution in [3.8, 4) is 0 Å². The van der Waals surface area contributed by atoms with Crippen LogP contribution >= 0.6 is 11.8 Å². The predicted molar refractivity (Wildman–Crippen MR) is 67.8 cm³/mol. The van der Waals surface area contributed by atoms with Crippen LogP contribution in [0.15, 0.2) is 57.3 Å². The molecule has 0 saturated carbocycles. The molecule has 2 heterocycles. The van der Waals surface area contributed by atoms with E-state index in [1.54, 1.807) is 18.3 Å². The lowest BCUT2D eigenvalue weighted by atomic mass is 10.3. The number of aromatic nitrogens is 2. The summed E-state index contributed by atoms with van der Waals surface area (Å²) in [6, 6.07) is 11.0. The van der Waals surface area contributed by atoms with Crippen LogP contribution in [0.5, 0.6) is 0 Å². The molecule has 88 valence electrons. The molecule has 1 aromatic carbocycles. The van der Waals surface area contributed by atoms with Crippen molar-refractivity contribution in [2.75, 3.05) is 0 Å². The van der Waals surface area contributed by atoms with E-state index in [0.717, 1.165) is 17.4 Å². The highest BCUT2D eigenvalue weighted by Gasteiger charge is 2.10. The van der Waals surface area contributed by atoms with Crippen LogP contribution in [0.2, 0.25) is 0 Å². The number of pyridine rings is 1. The summed E-state index contributed by atoms with van der Waals surface area (Å²) in [7, 11) is 0. The Morgan fingerprint density at radius 1 is 1.17 bits per heavy atom. The summed E-state index contributed by atoms with van der Waals surface area (Å²) in [5, 5.41) is 1.08. The van der Waals surface area contributed by atoms with Gasteiger partial charge in [0.25, 0.3) is 5.22 Å². The van der Waals surface area contributed by atoms with E-state index in [1.165, 1.54) is 11.8 Å². The van der Waals surface area contributed by atoms with E-state index in [1.807, 2.05) is 24.3 Å². The average molecular weight is 256 g/mol. The first-order valence-corrected chi connectivity index (χ1v) is 6.12. The molecule has 0 unspecified atom stereocenters. The van der Waals surface area contributed by atoms with E-state index in [2.05, 4.69) is 9.97 Å². The minimum atomic E-state index is 0.484. The van der Waals surface area contributed by atoms with Gasteiger partial charge in [0.2, 0.25) is 0 Å². The topological polar surface area (TPSA) is 56.0 Å². The van der Waals surface area contributed by atoms with Crippen molar-refractivity contribution in [3.05, 3.63) is 48.2 Å². The highest BCUT2D eigenvalue weighted by atomic mass is 32.2. The van der Waals surface area contributed by atoms with Crippen molar-refractivity contribution in [1.82, 2.24) is 9.97 Å². The SMILES string of the molecule is O=Cc1cccnc1Sc1nc2ccccc2o1. The van der Waals surface area contributed by atoms with Crippen molar-refractivity contribution < 1.29 is 9.21 Å². The van der Waals surface area contributed by atoms with Gasteiger partial charge in [-0.25, -0.2) is 9.97 Å². The highest BCUT2D eigenvalue weighted by molar-refractivity contribution is 7.99. The summed E-state index contributed by atoms with van der Waals surface area (Å²) in [4.78, 5) is 19.4. The molecule has 0 aliphatic carbocycles. The van der Waals surface area contributed by atoms with E-state index in [9.17, 15) is 4.79 Å². The smallest absolute Gasteiger partial charge is 0.263 e. The predicted octanol–water partition coefficient (Wildman–Crippen LogP) is 3.19. The highest BCUT2D eigenvalue weighted by Crippen LogP contribution is 2.29. The molecule has 3 aromatic rings. The Labute approximate surface area is 107 Å². The van der Waals surface area contributed by atoms with E-state index in [4.69, 9.17) is 4.42 Å². The molecule has 0 amide bonds. The first kappa shape index (κ1) is 11.0. The Hall–Kier alpha value is -2.14. The van der Waals surface area contributed by atoms with Crippen LogP contribution in [0.25, 0.3) is 11.1 Å². The molecule has 0 spiro atoms.